The minimum atomic E-state index is -0.964. The summed E-state index contributed by atoms with van der Waals surface area (Å²) in [6.45, 7) is 9.50. The van der Waals surface area contributed by atoms with Gasteiger partial charge in [0.25, 0.3) is 5.91 Å². The van der Waals surface area contributed by atoms with Crippen molar-refractivity contribution in [2.45, 2.75) is 59.6 Å². The first-order valence-electron chi connectivity index (χ1n) is 10.3. The molecule has 0 radical (unpaired) electrons. The summed E-state index contributed by atoms with van der Waals surface area (Å²) in [5, 5.41) is 7.79. The lowest BCUT2D eigenvalue weighted by molar-refractivity contribution is -0.123. The number of nitrogens with one attached hydrogen (secondary N) is 1. The molecule has 30 heavy (non-hydrogen) atoms. The maximum Gasteiger partial charge on any atom is 0.339 e. The number of aromatic nitrogens is 3. The third kappa shape index (κ3) is 4.20. The number of ether oxygens (including phenoxy) is 1. The summed E-state index contributed by atoms with van der Waals surface area (Å²) >= 11 is 0. The normalized spacial score (nSPS) is 13.1. The van der Waals surface area contributed by atoms with E-state index in [1.807, 2.05) is 52.0 Å². The number of aryl methyl sites for hydroxylation is 1. The predicted octanol–water partition coefficient (Wildman–Crippen LogP) is 4.46. The van der Waals surface area contributed by atoms with Gasteiger partial charge in [-0.3, -0.25) is 9.78 Å². The second-order valence-electron chi connectivity index (χ2n) is 7.38. The first-order chi connectivity index (χ1) is 14.4. The highest BCUT2D eigenvalue weighted by Crippen LogP contribution is 2.25. The maximum absolute atomic E-state index is 13.0. The molecular weight excluding hydrogens is 380 g/mol. The van der Waals surface area contributed by atoms with Crippen LogP contribution in [-0.2, 0) is 16.0 Å². The molecule has 3 aromatic rings. The van der Waals surface area contributed by atoms with Gasteiger partial charge in [-0.05, 0) is 45.2 Å². The molecule has 7 nitrogen and oxygen atoms in total. The highest BCUT2D eigenvalue weighted by molar-refractivity contribution is 6.06. The summed E-state index contributed by atoms with van der Waals surface area (Å²) in [6, 6.07) is 9.34. The molecule has 0 bridgehead atoms. The summed E-state index contributed by atoms with van der Waals surface area (Å²) in [5.74, 6) is -0.352. The lowest BCUT2D eigenvalue weighted by atomic mass is 10.0. The van der Waals surface area contributed by atoms with Crippen LogP contribution in [0.25, 0.3) is 10.9 Å². The van der Waals surface area contributed by atoms with Crippen molar-refractivity contribution in [3.8, 4) is 0 Å². The molecule has 1 aromatic carbocycles. The smallest absolute Gasteiger partial charge is 0.339 e. The number of carbonyl (C=O) groups excluding carboxylic acids is 2. The third-order valence-corrected chi connectivity index (χ3v) is 5.36. The number of amides is 1. The number of nitrogens with zero attached hydrogens (tertiary/aromatic N) is 3. The highest BCUT2D eigenvalue weighted by Gasteiger charge is 2.24. The van der Waals surface area contributed by atoms with Gasteiger partial charge >= 0.3 is 5.97 Å². The third-order valence-electron chi connectivity index (χ3n) is 5.36. The van der Waals surface area contributed by atoms with Crippen molar-refractivity contribution in [1.29, 1.82) is 0 Å². The Morgan fingerprint density at radius 1 is 1.17 bits per heavy atom. The predicted molar refractivity (Wildman–Crippen MR) is 117 cm³/mol. The SMILES string of the molecule is CCc1nc2ccccc2c(C(=O)O[C@H](C)C(=O)Nc2ccnn2[C@@H](C)CC)c1C. The van der Waals surface area contributed by atoms with E-state index in [0.717, 1.165) is 28.6 Å². The molecule has 7 heteroatoms. The van der Waals surface area contributed by atoms with E-state index < -0.39 is 18.0 Å². The number of fused-ring (bicyclic) bond motifs is 1. The minimum Gasteiger partial charge on any atom is -0.449 e. The summed E-state index contributed by atoms with van der Waals surface area (Å²) in [5.41, 5.74) is 2.82. The van der Waals surface area contributed by atoms with Gasteiger partial charge in [-0.25, -0.2) is 9.48 Å². The van der Waals surface area contributed by atoms with E-state index in [1.165, 1.54) is 0 Å². The van der Waals surface area contributed by atoms with Crippen LogP contribution in [0.3, 0.4) is 0 Å². The number of esters is 1. The molecule has 3 rings (SSSR count). The van der Waals surface area contributed by atoms with Crippen molar-refractivity contribution in [3.05, 3.63) is 53.3 Å². The molecule has 2 atom stereocenters. The van der Waals surface area contributed by atoms with E-state index >= 15 is 0 Å². The van der Waals surface area contributed by atoms with Gasteiger partial charge in [-0.2, -0.15) is 5.10 Å². The molecule has 0 aliphatic heterocycles. The Labute approximate surface area is 176 Å². The molecule has 2 heterocycles. The molecule has 158 valence electrons. The number of hydrogen-bond donors (Lipinski definition) is 1. The van der Waals surface area contributed by atoms with Gasteiger partial charge in [0.15, 0.2) is 6.10 Å². The van der Waals surface area contributed by atoms with Crippen LogP contribution >= 0.6 is 0 Å². The molecular formula is C23H28N4O3. The average molecular weight is 409 g/mol. The van der Waals surface area contributed by atoms with Crippen LogP contribution in [0.15, 0.2) is 36.5 Å². The van der Waals surface area contributed by atoms with Gasteiger partial charge in [-0.1, -0.05) is 32.0 Å². The zero-order chi connectivity index (χ0) is 21.8. The molecule has 0 unspecified atom stereocenters. The minimum absolute atomic E-state index is 0.145. The van der Waals surface area contributed by atoms with Crippen molar-refractivity contribution >= 4 is 28.6 Å². The number of para-hydroxylation sites is 1. The van der Waals surface area contributed by atoms with E-state index in [-0.39, 0.29) is 6.04 Å². The van der Waals surface area contributed by atoms with Crippen LogP contribution in [0.2, 0.25) is 0 Å². The summed E-state index contributed by atoms with van der Waals surface area (Å²) in [4.78, 5) is 30.3. The van der Waals surface area contributed by atoms with E-state index in [9.17, 15) is 9.59 Å². The van der Waals surface area contributed by atoms with Gasteiger partial charge in [0.05, 0.1) is 23.3 Å². The molecule has 1 N–H and O–H groups in total. The number of benzene rings is 1. The molecule has 2 aromatic heterocycles. The van der Waals surface area contributed by atoms with Gasteiger partial charge in [0, 0.05) is 17.1 Å². The molecule has 0 aliphatic carbocycles. The van der Waals surface area contributed by atoms with Crippen LogP contribution in [0.1, 0.15) is 61.8 Å². The Morgan fingerprint density at radius 2 is 1.90 bits per heavy atom. The standard InChI is InChI=1S/C23H28N4O3/c1-6-14(3)27-20(12-13-24-27)26-22(28)16(5)30-23(29)21-15(4)18(7-2)25-19-11-9-8-10-17(19)21/h8-14,16H,6-7H2,1-5H3,(H,26,28)/t14-,16+/m0/s1. The highest BCUT2D eigenvalue weighted by atomic mass is 16.5. The Bertz CT molecular complexity index is 1070. The molecule has 0 saturated heterocycles. The zero-order valence-electron chi connectivity index (χ0n) is 18.1. The van der Waals surface area contributed by atoms with Crippen LogP contribution in [-0.4, -0.2) is 32.7 Å². The van der Waals surface area contributed by atoms with Crippen molar-refractivity contribution in [1.82, 2.24) is 14.8 Å². The Balaban J connectivity index is 1.82. The summed E-state index contributed by atoms with van der Waals surface area (Å²) in [6.07, 6.45) is 2.25. The summed E-state index contributed by atoms with van der Waals surface area (Å²) < 4.78 is 7.30. The van der Waals surface area contributed by atoms with Gasteiger partial charge in [0.1, 0.15) is 5.82 Å². The maximum atomic E-state index is 13.0. The summed E-state index contributed by atoms with van der Waals surface area (Å²) in [7, 11) is 0. The first kappa shape index (κ1) is 21.5. The van der Waals surface area contributed by atoms with Crippen molar-refractivity contribution in [2.75, 3.05) is 5.32 Å². The molecule has 0 saturated carbocycles. The second kappa shape index (κ2) is 9.07. The van der Waals surface area contributed by atoms with Crippen LogP contribution in [0.4, 0.5) is 5.82 Å². The monoisotopic (exact) mass is 408 g/mol. The Morgan fingerprint density at radius 3 is 2.60 bits per heavy atom. The molecule has 1 amide bonds. The van der Waals surface area contributed by atoms with Gasteiger partial charge in [0.2, 0.25) is 0 Å². The number of rotatable bonds is 7. The van der Waals surface area contributed by atoms with Gasteiger partial charge in [-0.15, -0.1) is 0 Å². The van der Waals surface area contributed by atoms with Crippen molar-refractivity contribution in [3.63, 3.8) is 0 Å². The van der Waals surface area contributed by atoms with E-state index in [0.29, 0.717) is 17.8 Å². The van der Waals surface area contributed by atoms with E-state index in [2.05, 4.69) is 15.4 Å². The fourth-order valence-electron chi connectivity index (χ4n) is 3.40. The van der Waals surface area contributed by atoms with E-state index in [1.54, 1.807) is 23.9 Å². The van der Waals surface area contributed by atoms with Crippen molar-refractivity contribution < 1.29 is 14.3 Å². The average Bonchev–Trinajstić information content (AvgIpc) is 3.20. The largest absolute Gasteiger partial charge is 0.449 e. The zero-order valence-corrected chi connectivity index (χ0v) is 18.1. The molecule has 0 aliphatic rings. The quantitative estimate of drug-likeness (QED) is 0.584. The lowest BCUT2D eigenvalue weighted by Gasteiger charge is -2.18. The fourth-order valence-corrected chi connectivity index (χ4v) is 3.40. The first-order valence-corrected chi connectivity index (χ1v) is 10.3. The fraction of sp³-hybridized carbons (Fsp3) is 0.391. The topological polar surface area (TPSA) is 86.1 Å². The second-order valence-corrected chi connectivity index (χ2v) is 7.38. The van der Waals surface area contributed by atoms with Gasteiger partial charge < -0.3 is 10.1 Å². The lowest BCUT2D eigenvalue weighted by Crippen LogP contribution is -2.31. The number of carbonyl (C=O) groups is 2. The Hall–Kier alpha value is -3.22. The Kier molecular flexibility index (Phi) is 6.50. The molecule has 0 spiro atoms. The number of pyridine rings is 1. The van der Waals surface area contributed by atoms with Crippen molar-refractivity contribution in [2.24, 2.45) is 0 Å². The van der Waals surface area contributed by atoms with Crippen LogP contribution in [0, 0.1) is 6.92 Å². The van der Waals surface area contributed by atoms with Crippen LogP contribution < -0.4 is 5.32 Å². The van der Waals surface area contributed by atoms with E-state index in [4.69, 9.17) is 4.74 Å². The number of hydrogen-bond acceptors (Lipinski definition) is 5. The number of anilines is 1. The van der Waals surface area contributed by atoms with Crippen LogP contribution in [0.5, 0.6) is 0 Å². The molecule has 0 fully saturated rings.